The summed E-state index contributed by atoms with van der Waals surface area (Å²) in [5.41, 5.74) is 0. The fourth-order valence-corrected chi connectivity index (χ4v) is 3.30. The van der Waals surface area contributed by atoms with E-state index in [-0.39, 0.29) is 28.8 Å². The molecule has 0 aromatic heterocycles. The number of likely N-dealkylation sites (tertiary alicyclic amines) is 1. The van der Waals surface area contributed by atoms with Gasteiger partial charge >= 0.3 is 0 Å². The predicted molar refractivity (Wildman–Crippen MR) is 81.6 cm³/mol. The summed E-state index contributed by atoms with van der Waals surface area (Å²) >= 11 is 1.02. The van der Waals surface area contributed by atoms with Crippen LogP contribution in [0, 0.1) is 0 Å². The van der Waals surface area contributed by atoms with Crippen molar-refractivity contribution in [2.75, 3.05) is 18.8 Å². The number of carbonyl (C=O) groups excluding carboxylic acids is 3. The normalized spacial score (nSPS) is 20.0. The first-order valence-electron chi connectivity index (χ1n) is 7.05. The fraction of sp³-hybridized carbons (Fsp3) is 0.400. The Kier molecular flexibility index (Phi) is 4.06. The van der Waals surface area contributed by atoms with E-state index in [0.29, 0.717) is 18.8 Å². The lowest BCUT2D eigenvalue weighted by atomic mass is 10.1. The Morgan fingerprint density at radius 2 is 1.95 bits per heavy atom. The van der Waals surface area contributed by atoms with Crippen LogP contribution in [0.25, 0.3) is 0 Å². The monoisotopic (exact) mass is 320 g/mol. The van der Waals surface area contributed by atoms with Crippen LogP contribution in [-0.4, -0.2) is 57.8 Å². The zero-order valence-corrected chi connectivity index (χ0v) is 12.9. The van der Waals surface area contributed by atoms with Crippen LogP contribution in [-0.2, 0) is 9.59 Å². The lowest BCUT2D eigenvalue weighted by molar-refractivity contribution is -0.147. The summed E-state index contributed by atoms with van der Waals surface area (Å²) < 4.78 is 5.59. The Labute approximate surface area is 132 Å². The smallest absolute Gasteiger partial charge is 0.289 e. The van der Waals surface area contributed by atoms with Gasteiger partial charge in [0.2, 0.25) is 5.91 Å². The topological polar surface area (TPSA) is 66.9 Å². The minimum Gasteiger partial charge on any atom is -0.481 e. The molecule has 0 saturated carbocycles. The summed E-state index contributed by atoms with van der Waals surface area (Å²) in [6.07, 6.45) is -0.595. The lowest BCUT2D eigenvalue weighted by Crippen LogP contribution is -2.63. The van der Waals surface area contributed by atoms with Gasteiger partial charge in [-0.05, 0) is 19.1 Å². The number of imide groups is 1. The van der Waals surface area contributed by atoms with Crippen LogP contribution >= 0.6 is 11.8 Å². The Hall–Kier alpha value is -2.02. The third-order valence-corrected chi connectivity index (χ3v) is 4.56. The third kappa shape index (κ3) is 2.81. The van der Waals surface area contributed by atoms with Crippen molar-refractivity contribution in [3.05, 3.63) is 30.3 Å². The molecular formula is C15H16N2O4S. The molecule has 1 aromatic carbocycles. The van der Waals surface area contributed by atoms with E-state index >= 15 is 0 Å². The third-order valence-electron chi connectivity index (χ3n) is 3.73. The van der Waals surface area contributed by atoms with Crippen LogP contribution in [0.3, 0.4) is 0 Å². The second-order valence-electron chi connectivity index (χ2n) is 5.29. The molecule has 0 aliphatic carbocycles. The number of thioether (sulfide) groups is 1. The minimum atomic E-state index is -0.595. The van der Waals surface area contributed by atoms with Crippen LogP contribution < -0.4 is 4.74 Å². The number of hydrogen-bond donors (Lipinski definition) is 0. The summed E-state index contributed by atoms with van der Waals surface area (Å²) in [6, 6.07) is 8.95. The molecule has 1 atom stereocenters. The molecule has 6 nitrogen and oxygen atoms in total. The van der Waals surface area contributed by atoms with Gasteiger partial charge in [-0.15, -0.1) is 0 Å². The molecule has 2 aliphatic heterocycles. The highest BCUT2D eigenvalue weighted by molar-refractivity contribution is 8.14. The van der Waals surface area contributed by atoms with Crippen molar-refractivity contribution >= 4 is 28.8 Å². The summed E-state index contributed by atoms with van der Waals surface area (Å²) in [4.78, 5) is 38.4. The number of carbonyl (C=O) groups is 3. The molecule has 1 aromatic rings. The van der Waals surface area contributed by atoms with Gasteiger partial charge in [0.1, 0.15) is 5.75 Å². The standard InChI is InChI=1S/C15H16N2O4S/c1-10(21-12-5-3-2-4-6-12)14(19)16-7-11(8-16)17-13(18)9-22-15(17)20/h2-6,10-11H,7-9H2,1H3/t10-/m0/s1. The second kappa shape index (κ2) is 6.00. The van der Waals surface area contributed by atoms with Crippen LogP contribution in [0.1, 0.15) is 6.92 Å². The highest BCUT2D eigenvalue weighted by Gasteiger charge is 2.44. The number of nitrogens with zero attached hydrogens (tertiary/aromatic N) is 2. The quantitative estimate of drug-likeness (QED) is 0.838. The summed E-state index contributed by atoms with van der Waals surface area (Å²) in [7, 11) is 0. The zero-order chi connectivity index (χ0) is 15.7. The van der Waals surface area contributed by atoms with Gasteiger partial charge < -0.3 is 9.64 Å². The van der Waals surface area contributed by atoms with Crippen molar-refractivity contribution in [3.63, 3.8) is 0 Å². The molecule has 2 aliphatic rings. The molecule has 0 radical (unpaired) electrons. The van der Waals surface area contributed by atoms with Crippen molar-refractivity contribution < 1.29 is 19.1 Å². The van der Waals surface area contributed by atoms with Gasteiger partial charge in [-0.25, -0.2) is 0 Å². The molecule has 7 heteroatoms. The van der Waals surface area contributed by atoms with Crippen LogP contribution in [0.5, 0.6) is 5.75 Å². The molecule has 2 saturated heterocycles. The molecule has 3 amide bonds. The van der Waals surface area contributed by atoms with Gasteiger partial charge in [-0.2, -0.15) is 0 Å². The van der Waals surface area contributed by atoms with E-state index in [1.807, 2.05) is 18.2 Å². The summed E-state index contributed by atoms with van der Waals surface area (Å²) in [6.45, 7) is 2.48. The average Bonchev–Trinajstić information content (AvgIpc) is 2.79. The second-order valence-corrected chi connectivity index (χ2v) is 6.22. The van der Waals surface area contributed by atoms with E-state index in [2.05, 4.69) is 0 Å². The van der Waals surface area contributed by atoms with E-state index in [9.17, 15) is 14.4 Å². The maximum absolute atomic E-state index is 12.3. The van der Waals surface area contributed by atoms with Gasteiger partial charge in [0.05, 0.1) is 11.8 Å². The number of rotatable bonds is 4. The van der Waals surface area contributed by atoms with Crippen LogP contribution in [0.2, 0.25) is 0 Å². The first-order valence-corrected chi connectivity index (χ1v) is 8.04. The lowest BCUT2D eigenvalue weighted by Gasteiger charge is -2.43. The Morgan fingerprint density at radius 1 is 1.27 bits per heavy atom. The van der Waals surface area contributed by atoms with Gasteiger partial charge in [-0.1, -0.05) is 30.0 Å². The predicted octanol–water partition coefficient (Wildman–Crippen LogP) is 1.36. The highest BCUT2D eigenvalue weighted by Crippen LogP contribution is 2.26. The Morgan fingerprint density at radius 3 is 2.55 bits per heavy atom. The number of amides is 3. The average molecular weight is 320 g/mol. The largest absolute Gasteiger partial charge is 0.481 e. The molecule has 0 bridgehead atoms. The molecule has 116 valence electrons. The maximum Gasteiger partial charge on any atom is 0.289 e. The SMILES string of the molecule is C[C@H](Oc1ccccc1)C(=O)N1CC(N2C(=O)CSC2=O)C1. The summed E-state index contributed by atoms with van der Waals surface area (Å²) in [5, 5.41) is -0.212. The molecule has 0 unspecified atom stereocenters. The van der Waals surface area contributed by atoms with Crippen LogP contribution in [0.4, 0.5) is 4.79 Å². The first kappa shape index (κ1) is 14.9. The van der Waals surface area contributed by atoms with E-state index in [1.165, 1.54) is 4.90 Å². The molecular weight excluding hydrogens is 304 g/mol. The van der Waals surface area contributed by atoms with E-state index in [1.54, 1.807) is 24.0 Å². The Bertz CT molecular complexity index is 585. The van der Waals surface area contributed by atoms with Crippen molar-refractivity contribution in [1.82, 2.24) is 9.80 Å². The van der Waals surface area contributed by atoms with Crippen molar-refractivity contribution in [1.29, 1.82) is 0 Å². The van der Waals surface area contributed by atoms with Crippen molar-refractivity contribution in [3.8, 4) is 5.75 Å². The van der Waals surface area contributed by atoms with E-state index in [0.717, 1.165) is 11.8 Å². The molecule has 0 spiro atoms. The number of hydrogen-bond acceptors (Lipinski definition) is 5. The molecule has 2 fully saturated rings. The zero-order valence-electron chi connectivity index (χ0n) is 12.1. The number of ether oxygens (including phenoxy) is 1. The van der Waals surface area contributed by atoms with Gasteiger partial charge in [0.15, 0.2) is 6.10 Å². The fourth-order valence-electron chi connectivity index (χ4n) is 2.53. The first-order chi connectivity index (χ1) is 10.6. The van der Waals surface area contributed by atoms with Gasteiger partial charge in [0, 0.05) is 13.1 Å². The minimum absolute atomic E-state index is 0.133. The number of benzene rings is 1. The molecule has 0 N–H and O–H groups in total. The van der Waals surface area contributed by atoms with Crippen LogP contribution in [0.15, 0.2) is 30.3 Å². The van der Waals surface area contributed by atoms with Crippen molar-refractivity contribution in [2.45, 2.75) is 19.1 Å². The molecule has 22 heavy (non-hydrogen) atoms. The highest BCUT2D eigenvalue weighted by atomic mass is 32.2. The maximum atomic E-state index is 12.3. The Balaban J connectivity index is 1.53. The van der Waals surface area contributed by atoms with E-state index in [4.69, 9.17) is 4.74 Å². The number of para-hydroxylation sites is 1. The molecule has 2 heterocycles. The van der Waals surface area contributed by atoms with Gasteiger partial charge in [-0.3, -0.25) is 19.3 Å². The van der Waals surface area contributed by atoms with E-state index < -0.39 is 6.10 Å². The van der Waals surface area contributed by atoms with Gasteiger partial charge in [0.25, 0.3) is 11.1 Å². The summed E-state index contributed by atoms with van der Waals surface area (Å²) in [5.74, 6) is 0.547. The van der Waals surface area contributed by atoms with Crippen molar-refractivity contribution in [2.24, 2.45) is 0 Å². The molecule has 3 rings (SSSR count).